The lowest BCUT2D eigenvalue weighted by molar-refractivity contribution is -0.438. The van der Waals surface area contributed by atoms with Gasteiger partial charge in [-0.15, -0.1) is 0 Å². The predicted molar refractivity (Wildman–Crippen MR) is 459 cm³/mol. The quantitative estimate of drug-likeness (QED) is 0.0130. The number of nitrogens with one attached hydrogen (secondary N) is 2. The van der Waals surface area contributed by atoms with Gasteiger partial charge in [0.15, 0.2) is 5.71 Å². The average Bonchev–Trinajstić information content (AvgIpc) is 1.76. The monoisotopic (exact) mass is 1440 g/mol. The lowest BCUT2D eigenvalue weighted by atomic mass is 9.17. The number of hydrogen-bond donors (Lipinski definition) is 2. The van der Waals surface area contributed by atoms with Gasteiger partial charge in [-0.25, -0.2) is 24.8 Å². The molecule has 0 fully saturated rings. The second-order valence-electron chi connectivity index (χ2n) is 29.8. The van der Waals surface area contributed by atoms with Crippen molar-refractivity contribution in [2.75, 3.05) is 40.3 Å². The van der Waals surface area contributed by atoms with Gasteiger partial charge in [-0.05, 0) is 81.5 Å². The van der Waals surface area contributed by atoms with E-state index in [9.17, 15) is 8.42 Å². The Morgan fingerprint density at radius 3 is 1.40 bits per heavy atom. The highest BCUT2D eigenvalue weighted by molar-refractivity contribution is 8.76. The summed E-state index contributed by atoms with van der Waals surface area (Å²) in [6.45, 7) is 24.0. The summed E-state index contributed by atoms with van der Waals surface area (Å²) < 4.78 is 31.2. The van der Waals surface area contributed by atoms with Crippen LogP contribution in [0.2, 0.25) is 6.82 Å². The zero-order valence-electron chi connectivity index (χ0n) is 64.9. The number of para-hydroxylation sites is 4. The van der Waals surface area contributed by atoms with E-state index in [1.54, 1.807) is 21.6 Å². The van der Waals surface area contributed by atoms with Crippen molar-refractivity contribution in [1.82, 2.24) is 0 Å². The number of fused-ring (bicyclic) bond motifs is 2. The summed E-state index contributed by atoms with van der Waals surface area (Å²) in [7, 11) is -0.0823. The summed E-state index contributed by atoms with van der Waals surface area (Å²) in [5, 5.41) is 3.64. The minimum Gasteiger partial charge on any atom is -0.384 e. The number of allylic oxidation sites excluding steroid dienone is 8. The third-order valence-electron chi connectivity index (χ3n) is 21.0. The van der Waals surface area contributed by atoms with Crippen LogP contribution in [0.25, 0.3) is 0 Å². The fraction of sp³-hybridized carbons (Fsp3) is 0.452. The van der Waals surface area contributed by atoms with E-state index in [-0.39, 0.29) is 16.6 Å². The maximum atomic E-state index is 12.9. The molecule has 0 radical (unpaired) electrons. The van der Waals surface area contributed by atoms with Crippen LogP contribution in [0, 0.1) is 0 Å². The third kappa shape index (κ3) is 26.7. The first-order chi connectivity index (χ1) is 50.2. The van der Waals surface area contributed by atoms with Crippen molar-refractivity contribution in [2.24, 2.45) is 0 Å². The zero-order valence-corrected chi connectivity index (χ0v) is 67.3. The Bertz CT molecular complexity index is 3710. The number of sulfonamides is 1. The first kappa shape index (κ1) is 83.6. The fourth-order valence-corrected chi connectivity index (χ4v) is 18.4. The van der Waals surface area contributed by atoms with Crippen LogP contribution in [0.5, 0.6) is 0 Å². The fourth-order valence-electron chi connectivity index (χ4n) is 14.8. The highest BCUT2D eigenvalue weighted by Gasteiger charge is 2.44. The summed E-state index contributed by atoms with van der Waals surface area (Å²) in [6.07, 6.45) is 48.9. The molecule has 0 bridgehead atoms. The first-order valence-corrected chi connectivity index (χ1v) is 44.0. The summed E-state index contributed by atoms with van der Waals surface area (Å²) in [5.74, 6) is 0.182. The number of benzene rings is 7. The van der Waals surface area contributed by atoms with Crippen LogP contribution in [-0.4, -0.2) is 50.2 Å². The van der Waals surface area contributed by atoms with E-state index < -0.39 is 16.2 Å². The minimum atomic E-state index is -3.37. The van der Waals surface area contributed by atoms with Gasteiger partial charge in [0.2, 0.25) is 15.7 Å². The van der Waals surface area contributed by atoms with Gasteiger partial charge in [-0.3, -0.25) is 4.72 Å². The molecule has 2 aliphatic heterocycles. The normalized spacial score (nSPS) is 14.3. The van der Waals surface area contributed by atoms with Crippen molar-refractivity contribution in [3.8, 4) is 0 Å². The molecule has 0 saturated carbocycles. The van der Waals surface area contributed by atoms with E-state index in [0.29, 0.717) is 12.1 Å². The Morgan fingerprint density at radius 2 is 0.845 bits per heavy atom. The maximum Gasteiger partial charge on any atom is 0.232 e. The molecule has 2 aliphatic rings. The largest absolute Gasteiger partial charge is 0.384 e. The van der Waals surface area contributed by atoms with Crippen LogP contribution in [0.4, 0.5) is 22.7 Å². The van der Waals surface area contributed by atoms with Crippen LogP contribution >= 0.6 is 21.6 Å². The highest BCUT2D eigenvalue weighted by atomic mass is 33.1. The van der Waals surface area contributed by atoms with Gasteiger partial charge >= 0.3 is 0 Å². The van der Waals surface area contributed by atoms with Crippen molar-refractivity contribution in [1.29, 1.82) is 0 Å². The summed E-state index contributed by atoms with van der Waals surface area (Å²) >= 11 is 0. The molecular formula is C93H129BN4O2S3. The van der Waals surface area contributed by atoms with E-state index in [4.69, 9.17) is 0 Å². The second-order valence-corrected chi connectivity index (χ2v) is 33.9. The van der Waals surface area contributed by atoms with Crippen molar-refractivity contribution in [3.63, 3.8) is 0 Å². The maximum absolute atomic E-state index is 12.9. The highest BCUT2D eigenvalue weighted by Crippen LogP contribution is 2.48. The van der Waals surface area contributed by atoms with Gasteiger partial charge in [-0.2, -0.15) is 11.4 Å². The first-order valence-electron chi connectivity index (χ1n) is 40.2. The lowest BCUT2D eigenvalue weighted by Crippen LogP contribution is -2.64. The molecule has 0 saturated heterocycles. The number of anilines is 3. The SMILES string of the molecule is CCCCCCCCCCCCCNc1ccccc1SSc1ccccc1NS(=O)(=O)CCCCCCCCCCCC.CCCCCN1C(=CC=CC=CC=CC2=[N+](CCCCC)c3ccccc3C2(C)C)C(C)(C)c2ccccc21.C[B-](c1ccccc1)(c1ccccc1)c1ccccc1. The third-order valence-corrected chi connectivity index (χ3v) is 24.9. The Kier molecular flexibility index (Phi) is 37.5. The Labute approximate surface area is 635 Å². The molecule has 2 heterocycles. The molecule has 0 unspecified atom stereocenters. The molecule has 7 aromatic rings. The van der Waals surface area contributed by atoms with Crippen LogP contribution in [0.1, 0.15) is 240 Å². The molecule has 7 aromatic carbocycles. The van der Waals surface area contributed by atoms with Gasteiger partial charge in [0.1, 0.15) is 6.54 Å². The summed E-state index contributed by atoms with van der Waals surface area (Å²) in [6, 6.07) is 66.4. The van der Waals surface area contributed by atoms with Crippen LogP contribution in [0.3, 0.4) is 0 Å². The van der Waals surface area contributed by atoms with E-state index >= 15 is 0 Å². The number of hydrogen-bond acceptors (Lipinski definition) is 6. The van der Waals surface area contributed by atoms with Gasteiger partial charge in [-0.1, -0.05) is 386 Å². The van der Waals surface area contributed by atoms with Gasteiger partial charge < -0.3 is 10.2 Å². The van der Waals surface area contributed by atoms with Gasteiger partial charge in [0.05, 0.1) is 23.0 Å². The Morgan fingerprint density at radius 1 is 0.427 bits per heavy atom. The number of rotatable bonds is 44. The van der Waals surface area contributed by atoms with Crippen molar-refractivity contribution in [2.45, 2.75) is 256 Å². The summed E-state index contributed by atoms with van der Waals surface area (Å²) in [5.41, 5.74) is 14.4. The molecule has 554 valence electrons. The molecule has 9 rings (SSSR count). The topological polar surface area (TPSA) is 64.5 Å². The lowest BCUT2D eigenvalue weighted by Gasteiger charge is -2.39. The Hall–Kier alpha value is -6.72. The number of nitrogens with zero attached hydrogens (tertiary/aromatic N) is 2. The average molecular weight is 1440 g/mol. The van der Waals surface area contributed by atoms with E-state index in [0.717, 1.165) is 43.1 Å². The molecule has 2 N–H and O–H groups in total. The smallest absolute Gasteiger partial charge is 0.232 e. The summed E-state index contributed by atoms with van der Waals surface area (Å²) in [4.78, 5) is 4.65. The van der Waals surface area contributed by atoms with Gasteiger partial charge in [0, 0.05) is 69.5 Å². The number of unbranched alkanes of at least 4 members (excludes halogenated alkanes) is 23. The van der Waals surface area contributed by atoms with Crippen molar-refractivity contribution < 1.29 is 13.0 Å². The molecular weight excluding hydrogens is 1310 g/mol. The second kappa shape index (κ2) is 46.3. The molecule has 0 aromatic heterocycles. The molecule has 6 nitrogen and oxygen atoms in total. The van der Waals surface area contributed by atoms with E-state index in [2.05, 4.69) is 288 Å². The molecule has 10 heteroatoms. The predicted octanol–water partition coefficient (Wildman–Crippen LogP) is 25.5. The molecule has 0 aliphatic carbocycles. The molecule has 103 heavy (non-hydrogen) atoms. The van der Waals surface area contributed by atoms with Crippen molar-refractivity contribution >= 4 is 82.6 Å². The van der Waals surface area contributed by atoms with Crippen LogP contribution in [0.15, 0.2) is 246 Å². The van der Waals surface area contributed by atoms with Gasteiger partial charge in [0.25, 0.3) is 0 Å². The van der Waals surface area contributed by atoms with E-state index in [1.165, 1.54) is 209 Å². The van der Waals surface area contributed by atoms with Crippen LogP contribution < -0.4 is 31.3 Å². The Balaban J connectivity index is 0.000000229. The standard InChI is InChI=1S/C37H62N2O2S3.C37H49N2.C19H18B/c1-3-5-7-9-11-13-15-16-18-20-26-32-38-34-28-22-24-30-36(34)42-43-37-31-25-23-29-35(37)39-44(40,41)33-27-21-19-17-14-12-10-8-6-4-2;1-7-9-20-28-38-32-24-18-16-22-30(32)36(3,4)34(38)26-14-12-11-13-15-27-35-37(5,6)31-23-17-19-25-33(31)39(35)29-21-10-8-2;1-20(17-11-5-2-6-12-17,18-13-7-3-8-14-18)19-15-9-4-10-16-19/h22-25,28-31,38-39H,3-21,26-27,32-33H2,1-2H3;11-19,22-27H,7-10,20-21,28-29H2,1-6H3;2-16H,1H3/q;+1;-1. The van der Waals surface area contributed by atoms with Crippen LogP contribution in [-0.2, 0) is 20.9 Å². The molecule has 0 spiro atoms. The van der Waals surface area contributed by atoms with Crippen molar-refractivity contribution in [3.05, 3.63) is 247 Å². The minimum absolute atomic E-state index is 0.0116. The zero-order chi connectivity index (χ0) is 73.3. The van der Waals surface area contributed by atoms with E-state index in [1.807, 2.05) is 24.3 Å². The molecule has 0 amide bonds. The molecule has 0 atom stereocenters.